The molecule has 0 saturated carbocycles. The van der Waals surface area contributed by atoms with Gasteiger partial charge in [0.25, 0.3) is 0 Å². The van der Waals surface area contributed by atoms with E-state index in [1.165, 1.54) is 0 Å². The van der Waals surface area contributed by atoms with Crippen molar-refractivity contribution in [3.8, 4) is 28.3 Å². The summed E-state index contributed by atoms with van der Waals surface area (Å²) in [6, 6.07) is 20.5. The highest BCUT2D eigenvalue weighted by atomic mass is 16.3. The molecule has 0 bridgehead atoms. The summed E-state index contributed by atoms with van der Waals surface area (Å²) in [5.41, 5.74) is 4.97. The number of aromatic hydroxyl groups is 1. The largest absolute Gasteiger partial charge is 0.507 e. The molecular weight excluding hydrogens is 300 g/mol. The molecule has 0 atom stereocenters. The van der Waals surface area contributed by atoms with Crippen LogP contribution in [0.5, 0.6) is 5.75 Å². The van der Waals surface area contributed by atoms with Crippen LogP contribution in [-0.2, 0) is 0 Å². The smallest absolute Gasteiger partial charge is 0.150 e. The van der Waals surface area contributed by atoms with Crippen LogP contribution < -0.4 is 0 Å². The summed E-state index contributed by atoms with van der Waals surface area (Å²) in [5.74, 6) is 0.794. The van der Waals surface area contributed by atoms with Crippen LogP contribution >= 0.6 is 0 Å². The van der Waals surface area contributed by atoms with E-state index >= 15 is 0 Å². The van der Waals surface area contributed by atoms with Crippen molar-refractivity contribution in [2.45, 2.75) is 0 Å². The first-order valence-corrected chi connectivity index (χ1v) is 7.58. The summed E-state index contributed by atoms with van der Waals surface area (Å²) >= 11 is 0. The molecule has 0 spiro atoms. The first-order chi connectivity index (χ1) is 11.7. The third-order valence-electron chi connectivity index (χ3n) is 4.02. The van der Waals surface area contributed by atoms with Crippen LogP contribution in [0.1, 0.15) is 10.4 Å². The summed E-state index contributed by atoms with van der Waals surface area (Å²) in [4.78, 5) is 18.6. The highest BCUT2D eigenvalue weighted by Gasteiger charge is 2.11. The minimum Gasteiger partial charge on any atom is -0.507 e. The number of fused-ring (bicyclic) bond motifs is 1. The zero-order valence-corrected chi connectivity index (χ0v) is 12.7. The molecule has 0 amide bonds. The lowest BCUT2D eigenvalue weighted by Gasteiger charge is -2.06. The number of hydrogen-bond donors (Lipinski definition) is 2. The van der Waals surface area contributed by atoms with Gasteiger partial charge in [-0.2, -0.15) is 0 Å². The second-order valence-corrected chi connectivity index (χ2v) is 5.57. The maximum Gasteiger partial charge on any atom is 0.150 e. The van der Waals surface area contributed by atoms with Crippen molar-refractivity contribution >= 4 is 17.3 Å². The van der Waals surface area contributed by atoms with Crippen LogP contribution in [0.2, 0.25) is 0 Å². The van der Waals surface area contributed by atoms with E-state index in [2.05, 4.69) is 9.97 Å². The third-order valence-corrected chi connectivity index (χ3v) is 4.02. The number of benzene rings is 3. The van der Waals surface area contributed by atoms with Crippen molar-refractivity contribution in [3.05, 3.63) is 72.3 Å². The number of nitrogens with zero attached hydrogens (tertiary/aromatic N) is 1. The van der Waals surface area contributed by atoms with Gasteiger partial charge in [0, 0.05) is 5.56 Å². The number of para-hydroxylation sites is 2. The number of aromatic nitrogens is 2. The number of phenols is 1. The van der Waals surface area contributed by atoms with E-state index in [9.17, 15) is 9.90 Å². The normalized spacial score (nSPS) is 10.8. The standard InChI is InChI=1S/C20H14N2O2/c23-12-13-5-7-14(8-6-13)15-9-10-19(24)16(11-15)20-21-17-3-1-2-4-18(17)22-20/h1-12,24H,(H,21,22). The number of nitrogens with one attached hydrogen (secondary N) is 1. The number of carbonyl (C=O) groups excluding carboxylic acids is 1. The minimum atomic E-state index is 0.169. The molecule has 4 nitrogen and oxygen atoms in total. The lowest BCUT2D eigenvalue weighted by molar-refractivity contribution is 0.112. The second kappa shape index (κ2) is 5.66. The summed E-state index contributed by atoms with van der Waals surface area (Å²) in [7, 11) is 0. The number of rotatable bonds is 3. The Hall–Kier alpha value is -3.40. The molecule has 24 heavy (non-hydrogen) atoms. The van der Waals surface area contributed by atoms with Gasteiger partial charge in [0.2, 0.25) is 0 Å². The molecule has 0 fully saturated rings. The quantitative estimate of drug-likeness (QED) is 0.550. The lowest BCUT2D eigenvalue weighted by atomic mass is 10.0. The van der Waals surface area contributed by atoms with Crippen molar-refractivity contribution < 1.29 is 9.90 Å². The van der Waals surface area contributed by atoms with Crippen LogP contribution in [0.3, 0.4) is 0 Å². The van der Waals surface area contributed by atoms with Gasteiger partial charge in [-0.15, -0.1) is 0 Å². The van der Waals surface area contributed by atoms with Crippen molar-refractivity contribution in [1.29, 1.82) is 0 Å². The molecule has 2 N–H and O–H groups in total. The number of aldehydes is 1. The minimum absolute atomic E-state index is 0.169. The fourth-order valence-electron chi connectivity index (χ4n) is 2.74. The highest BCUT2D eigenvalue weighted by molar-refractivity contribution is 5.83. The molecule has 0 radical (unpaired) electrons. The first-order valence-electron chi connectivity index (χ1n) is 7.58. The fourth-order valence-corrected chi connectivity index (χ4v) is 2.74. The Balaban J connectivity index is 1.81. The molecule has 0 aliphatic rings. The maximum absolute atomic E-state index is 10.8. The number of aromatic amines is 1. The predicted octanol–water partition coefficient (Wildman–Crippen LogP) is 4.42. The van der Waals surface area contributed by atoms with Gasteiger partial charge >= 0.3 is 0 Å². The Kier molecular flexibility index (Phi) is 3.35. The molecule has 0 aliphatic carbocycles. The van der Waals surface area contributed by atoms with Crippen LogP contribution in [0.4, 0.5) is 0 Å². The Morgan fingerprint density at radius 3 is 2.42 bits per heavy atom. The van der Waals surface area contributed by atoms with Crippen molar-refractivity contribution in [2.24, 2.45) is 0 Å². The van der Waals surface area contributed by atoms with Gasteiger partial charge in [0.05, 0.1) is 16.6 Å². The van der Waals surface area contributed by atoms with Gasteiger partial charge < -0.3 is 10.1 Å². The van der Waals surface area contributed by atoms with Crippen molar-refractivity contribution in [3.63, 3.8) is 0 Å². The summed E-state index contributed by atoms with van der Waals surface area (Å²) in [6.45, 7) is 0. The molecule has 1 aromatic heterocycles. The lowest BCUT2D eigenvalue weighted by Crippen LogP contribution is -1.85. The second-order valence-electron chi connectivity index (χ2n) is 5.57. The summed E-state index contributed by atoms with van der Waals surface area (Å²) < 4.78 is 0. The van der Waals surface area contributed by atoms with E-state index in [0.29, 0.717) is 17.0 Å². The van der Waals surface area contributed by atoms with E-state index in [-0.39, 0.29) is 5.75 Å². The van der Waals surface area contributed by atoms with Gasteiger partial charge in [0.1, 0.15) is 17.9 Å². The zero-order chi connectivity index (χ0) is 16.5. The molecule has 4 heteroatoms. The Morgan fingerprint density at radius 2 is 1.67 bits per heavy atom. The predicted molar refractivity (Wildman–Crippen MR) is 94.0 cm³/mol. The topological polar surface area (TPSA) is 66.0 Å². The van der Waals surface area contributed by atoms with Gasteiger partial charge in [-0.1, -0.05) is 42.5 Å². The molecule has 4 rings (SSSR count). The SMILES string of the molecule is O=Cc1ccc(-c2ccc(O)c(-c3nc4ccccc4[nH]3)c2)cc1. The highest BCUT2D eigenvalue weighted by Crippen LogP contribution is 2.33. The molecule has 0 aliphatic heterocycles. The molecule has 3 aromatic carbocycles. The molecular formula is C20H14N2O2. The van der Waals surface area contributed by atoms with Crippen molar-refractivity contribution in [2.75, 3.05) is 0 Å². The first kappa shape index (κ1) is 14.2. The molecule has 1 heterocycles. The Bertz CT molecular complexity index is 1000. The van der Waals surface area contributed by atoms with E-state index in [0.717, 1.165) is 28.4 Å². The van der Waals surface area contributed by atoms with Crippen LogP contribution in [0.15, 0.2) is 66.7 Å². The number of H-pyrrole nitrogens is 1. The molecule has 0 unspecified atom stereocenters. The van der Waals surface area contributed by atoms with Gasteiger partial charge in [-0.05, 0) is 35.4 Å². The monoisotopic (exact) mass is 314 g/mol. The van der Waals surface area contributed by atoms with E-state index in [1.54, 1.807) is 18.2 Å². The van der Waals surface area contributed by atoms with Crippen LogP contribution in [0, 0.1) is 0 Å². The molecule has 4 aromatic rings. The average Bonchev–Trinajstić information content (AvgIpc) is 3.06. The number of carbonyl (C=O) groups is 1. The van der Waals surface area contributed by atoms with Crippen molar-refractivity contribution in [1.82, 2.24) is 9.97 Å². The van der Waals surface area contributed by atoms with Gasteiger partial charge in [-0.25, -0.2) is 4.98 Å². The van der Waals surface area contributed by atoms with Gasteiger partial charge in [0.15, 0.2) is 0 Å². The van der Waals surface area contributed by atoms with Crippen LogP contribution in [0.25, 0.3) is 33.5 Å². The van der Waals surface area contributed by atoms with E-state index in [1.807, 2.05) is 48.5 Å². The number of hydrogen-bond acceptors (Lipinski definition) is 3. The third kappa shape index (κ3) is 2.44. The van der Waals surface area contributed by atoms with Gasteiger partial charge in [-0.3, -0.25) is 4.79 Å². The Morgan fingerprint density at radius 1 is 0.917 bits per heavy atom. The number of imidazole rings is 1. The average molecular weight is 314 g/mol. The Labute approximate surface area is 138 Å². The zero-order valence-electron chi connectivity index (χ0n) is 12.7. The summed E-state index contributed by atoms with van der Waals surface area (Å²) in [5, 5.41) is 10.2. The fraction of sp³-hybridized carbons (Fsp3) is 0. The number of phenolic OH excluding ortho intramolecular Hbond substituents is 1. The van der Waals surface area contributed by atoms with E-state index < -0.39 is 0 Å². The van der Waals surface area contributed by atoms with Crippen LogP contribution in [-0.4, -0.2) is 21.4 Å². The summed E-state index contributed by atoms with van der Waals surface area (Å²) in [6.07, 6.45) is 0.820. The van der Waals surface area contributed by atoms with E-state index in [4.69, 9.17) is 0 Å². The molecule has 0 saturated heterocycles. The molecule has 116 valence electrons. The maximum atomic E-state index is 10.8.